The van der Waals surface area contributed by atoms with Gasteiger partial charge in [-0.3, -0.25) is 4.79 Å². The maximum absolute atomic E-state index is 16.8. The van der Waals surface area contributed by atoms with E-state index in [0.717, 1.165) is 6.08 Å². The highest BCUT2D eigenvalue weighted by molar-refractivity contribution is 6.01. The summed E-state index contributed by atoms with van der Waals surface area (Å²) in [5.74, 6) is -4.07. The van der Waals surface area contributed by atoms with E-state index in [0.29, 0.717) is 0 Å². The maximum Gasteiger partial charge on any atom is 0.336 e. The third-order valence-corrected chi connectivity index (χ3v) is 8.54. The van der Waals surface area contributed by atoms with Gasteiger partial charge in [-0.15, -0.1) is 0 Å². The van der Waals surface area contributed by atoms with Gasteiger partial charge in [0, 0.05) is 16.7 Å². The van der Waals surface area contributed by atoms with Crippen LogP contribution in [0, 0.1) is 28.6 Å². The molecule has 154 valence electrons. The fourth-order valence-corrected chi connectivity index (χ4v) is 7.00. The minimum Gasteiger partial charge on any atom is -0.479 e. The number of allylic oxidation sites excluding steroid dienone is 4. The second kappa shape index (κ2) is 5.51. The molecule has 3 saturated carbocycles. The zero-order valence-corrected chi connectivity index (χ0v) is 16.2. The van der Waals surface area contributed by atoms with Gasteiger partial charge >= 0.3 is 5.97 Å². The Kier molecular flexibility index (Phi) is 3.88. The van der Waals surface area contributed by atoms with Crippen LogP contribution in [0.15, 0.2) is 23.8 Å². The maximum atomic E-state index is 16.8. The first kappa shape index (κ1) is 19.7. The summed E-state index contributed by atoms with van der Waals surface area (Å²) < 4.78 is 31.9. The van der Waals surface area contributed by atoms with Crippen molar-refractivity contribution in [3.05, 3.63) is 23.8 Å². The van der Waals surface area contributed by atoms with E-state index < -0.39 is 63.9 Å². The average Bonchev–Trinajstić information content (AvgIpc) is 2.81. The summed E-state index contributed by atoms with van der Waals surface area (Å²) in [6.45, 7) is 4.67. The van der Waals surface area contributed by atoms with Gasteiger partial charge in [0.15, 0.2) is 17.1 Å². The standard InChI is InChI=1S/C21H26F2O5/c1-10-6-12-13-8-15(22)14-7-11(24)4-5-18(14,2)20(13,23)16(25)9-19(12,3)21(10,28)17(26)27/h4-5,7,10,12-13,15-16,25,28H,6,8-9H2,1-3H3,(H,26,27)/t10-,12-,13+,15+,16+,18+,19+,20+,21+/m1/s1. The molecule has 3 fully saturated rings. The van der Waals surface area contributed by atoms with Crippen molar-refractivity contribution < 1.29 is 33.7 Å². The quantitative estimate of drug-likeness (QED) is 0.633. The van der Waals surface area contributed by atoms with Crippen LogP contribution in [0.4, 0.5) is 8.78 Å². The zero-order valence-electron chi connectivity index (χ0n) is 16.2. The predicted octanol–water partition coefficient (Wildman–Crippen LogP) is 2.37. The summed E-state index contributed by atoms with van der Waals surface area (Å²) >= 11 is 0. The summed E-state index contributed by atoms with van der Waals surface area (Å²) in [4.78, 5) is 23.7. The van der Waals surface area contributed by atoms with Crippen molar-refractivity contribution in [2.24, 2.45) is 28.6 Å². The van der Waals surface area contributed by atoms with Crippen LogP contribution in [-0.4, -0.2) is 50.6 Å². The molecule has 0 saturated heterocycles. The summed E-state index contributed by atoms with van der Waals surface area (Å²) in [5.41, 5.74) is -7.14. The lowest BCUT2D eigenvalue weighted by Crippen LogP contribution is -2.70. The van der Waals surface area contributed by atoms with Gasteiger partial charge in [0.25, 0.3) is 0 Å². The van der Waals surface area contributed by atoms with E-state index in [-0.39, 0.29) is 24.8 Å². The molecular formula is C21H26F2O5. The van der Waals surface area contributed by atoms with Crippen molar-refractivity contribution >= 4 is 11.8 Å². The molecule has 7 heteroatoms. The Hall–Kier alpha value is -1.60. The Labute approximate surface area is 162 Å². The van der Waals surface area contributed by atoms with Crippen molar-refractivity contribution in [2.75, 3.05) is 0 Å². The van der Waals surface area contributed by atoms with Gasteiger partial charge in [0.1, 0.15) is 6.17 Å². The highest BCUT2D eigenvalue weighted by Gasteiger charge is 2.76. The van der Waals surface area contributed by atoms with Crippen LogP contribution >= 0.6 is 0 Å². The first-order chi connectivity index (χ1) is 12.8. The Bertz CT molecular complexity index is 824. The minimum absolute atomic E-state index is 0.0287. The number of alkyl halides is 2. The number of fused-ring (bicyclic) bond motifs is 5. The molecule has 0 aliphatic heterocycles. The molecule has 0 spiro atoms. The van der Waals surface area contributed by atoms with Crippen molar-refractivity contribution in [3.8, 4) is 0 Å². The third kappa shape index (κ3) is 1.92. The van der Waals surface area contributed by atoms with Crippen LogP contribution in [0.25, 0.3) is 0 Å². The number of aliphatic hydroxyl groups excluding tert-OH is 1. The Balaban J connectivity index is 1.88. The summed E-state index contributed by atoms with van der Waals surface area (Å²) in [6, 6.07) is 0. The van der Waals surface area contributed by atoms with Gasteiger partial charge in [0.2, 0.25) is 0 Å². The molecule has 4 aliphatic carbocycles. The van der Waals surface area contributed by atoms with Crippen molar-refractivity contribution in [2.45, 2.75) is 63.6 Å². The molecule has 0 aromatic heterocycles. The van der Waals surface area contributed by atoms with Crippen LogP contribution in [-0.2, 0) is 9.59 Å². The first-order valence-electron chi connectivity index (χ1n) is 9.76. The minimum atomic E-state index is -2.26. The molecule has 0 bridgehead atoms. The number of ketones is 1. The van der Waals surface area contributed by atoms with E-state index in [4.69, 9.17) is 0 Å². The van der Waals surface area contributed by atoms with Gasteiger partial charge < -0.3 is 15.3 Å². The van der Waals surface area contributed by atoms with Gasteiger partial charge in [-0.1, -0.05) is 19.9 Å². The monoisotopic (exact) mass is 396 g/mol. The first-order valence-corrected chi connectivity index (χ1v) is 9.76. The molecule has 0 radical (unpaired) electrons. The normalized spacial score (nSPS) is 55.2. The van der Waals surface area contributed by atoms with Crippen molar-refractivity contribution in [1.29, 1.82) is 0 Å². The van der Waals surface area contributed by atoms with E-state index in [9.17, 15) is 24.9 Å². The van der Waals surface area contributed by atoms with Crippen molar-refractivity contribution in [3.63, 3.8) is 0 Å². The Morgan fingerprint density at radius 1 is 1.25 bits per heavy atom. The number of halogens is 2. The highest BCUT2D eigenvalue weighted by Crippen LogP contribution is 2.70. The van der Waals surface area contributed by atoms with E-state index >= 15 is 8.78 Å². The van der Waals surface area contributed by atoms with Gasteiger partial charge in [-0.2, -0.15) is 0 Å². The smallest absolute Gasteiger partial charge is 0.336 e. The number of aliphatic hydroxyl groups is 2. The summed E-state index contributed by atoms with van der Waals surface area (Å²) in [5, 5.41) is 31.8. The average molecular weight is 396 g/mol. The molecule has 0 aromatic rings. The number of carboxylic acid groups (broad SMARTS) is 1. The van der Waals surface area contributed by atoms with Crippen molar-refractivity contribution in [1.82, 2.24) is 0 Å². The molecule has 4 aliphatic rings. The molecule has 0 aromatic carbocycles. The lowest BCUT2D eigenvalue weighted by atomic mass is 9.44. The topological polar surface area (TPSA) is 94.8 Å². The van der Waals surface area contributed by atoms with E-state index in [1.54, 1.807) is 13.8 Å². The molecular weight excluding hydrogens is 370 g/mol. The highest BCUT2D eigenvalue weighted by atomic mass is 19.1. The molecule has 3 N–H and O–H groups in total. The number of aliphatic carboxylic acids is 1. The fourth-order valence-electron chi connectivity index (χ4n) is 7.00. The van der Waals surface area contributed by atoms with Crippen LogP contribution in [0.1, 0.15) is 40.0 Å². The van der Waals surface area contributed by atoms with Gasteiger partial charge in [0.05, 0.1) is 6.10 Å². The number of carbonyl (C=O) groups is 2. The lowest BCUT2D eigenvalue weighted by molar-refractivity contribution is -0.229. The Morgan fingerprint density at radius 3 is 2.50 bits per heavy atom. The number of hydrogen-bond donors (Lipinski definition) is 3. The molecule has 28 heavy (non-hydrogen) atoms. The fraction of sp³-hybridized carbons (Fsp3) is 0.714. The largest absolute Gasteiger partial charge is 0.479 e. The number of hydrogen-bond acceptors (Lipinski definition) is 4. The predicted molar refractivity (Wildman–Crippen MR) is 95.8 cm³/mol. The number of rotatable bonds is 1. The zero-order chi connectivity index (χ0) is 20.9. The summed E-state index contributed by atoms with van der Waals surface area (Å²) in [7, 11) is 0. The second-order valence-corrected chi connectivity index (χ2v) is 9.57. The van der Waals surface area contributed by atoms with Crippen LogP contribution in [0.5, 0.6) is 0 Å². The molecule has 4 rings (SSSR count). The van der Waals surface area contributed by atoms with E-state index in [1.165, 1.54) is 19.1 Å². The second-order valence-electron chi connectivity index (χ2n) is 9.57. The molecule has 0 heterocycles. The number of carboxylic acids is 1. The van der Waals surface area contributed by atoms with Crippen LogP contribution in [0.2, 0.25) is 0 Å². The number of carbonyl (C=O) groups excluding carboxylic acids is 1. The van der Waals surface area contributed by atoms with Gasteiger partial charge in [-0.25, -0.2) is 13.6 Å². The SMILES string of the molecule is C[C@@H]1C[C@@H]2[C@@H]3C[C@H](F)C4=CC(=O)C=C[C@]4(C)[C@@]3(F)[C@@H](O)C[C@]2(C)[C@@]1(O)C(=O)O. The van der Waals surface area contributed by atoms with E-state index in [2.05, 4.69) is 0 Å². The molecule has 0 unspecified atom stereocenters. The lowest BCUT2D eigenvalue weighted by Gasteiger charge is -2.62. The van der Waals surface area contributed by atoms with E-state index in [1.807, 2.05) is 0 Å². The molecule has 9 atom stereocenters. The molecule has 5 nitrogen and oxygen atoms in total. The molecule has 0 amide bonds. The van der Waals surface area contributed by atoms with Gasteiger partial charge in [-0.05, 0) is 55.7 Å². The third-order valence-electron chi connectivity index (χ3n) is 8.54. The van der Waals surface area contributed by atoms with Crippen LogP contribution in [0.3, 0.4) is 0 Å². The Morgan fingerprint density at radius 2 is 1.89 bits per heavy atom. The summed E-state index contributed by atoms with van der Waals surface area (Å²) in [6.07, 6.45) is 0.214. The van der Waals surface area contributed by atoms with Crippen LogP contribution < -0.4 is 0 Å².